The van der Waals surface area contributed by atoms with E-state index in [0.717, 1.165) is 28.9 Å². The number of hydrogen-bond acceptors (Lipinski definition) is 3. The Kier molecular flexibility index (Phi) is 2.72. The third-order valence-corrected chi connectivity index (χ3v) is 3.91. The summed E-state index contributed by atoms with van der Waals surface area (Å²) >= 11 is 3.53. The lowest BCUT2D eigenvalue weighted by Crippen LogP contribution is -2.30. The van der Waals surface area contributed by atoms with Crippen molar-refractivity contribution in [1.82, 2.24) is 15.0 Å². The lowest BCUT2D eigenvalue weighted by atomic mass is 10.1. The molecule has 2 heterocycles. The highest BCUT2D eigenvalue weighted by Crippen LogP contribution is 2.28. The predicted molar refractivity (Wildman–Crippen MR) is 67.8 cm³/mol. The first kappa shape index (κ1) is 10.9. The van der Waals surface area contributed by atoms with Gasteiger partial charge in [0, 0.05) is 10.0 Å². The fourth-order valence-corrected chi connectivity index (χ4v) is 2.21. The van der Waals surface area contributed by atoms with Crippen LogP contribution in [0.2, 0.25) is 0 Å². The minimum absolute atomic E-state index is 0.351. The fraction of sp³-hybridized carbons (Fsp3) is 0.333. The van der Waals surface area contributed by atoms with E-state index in [1.165, 1.54) is 5.56 Å². The smallest absolute Gasteiger partial charge is 0.113 e. The number of hydrogen-bond donors (Lipinski definition) is 0. The Balaban J connectivity index is 1.97. The van der Waals surface area contributed by atoms with E-state index in [1.54, 1.807) is 0 Å². The number of halogens is 1. The second-order valence-corrected chi connectivity index (χ2v) is 5.04. The summed E-state index contributed by atoms with van der Waals surface area (Å²) in [7, 11) is 0. The van der Waals surface area contributed by atoms with Crippen LogP contribution in [0, 0.1) is 6.92 Å². The van der Waals surface area contributed by atoms with Crippen molar-refractivity contribution in [3.05, 3.63) is 34.4 Å². The van der Waals surface area contributed by atoms with Gasteiger partial charge < -0.3 is 4.74 Å². The highest BCUT2D eigenvalue weighted by molar-refractivity contribution is 9.10. The summed E-state index contributed by atoms with van der Waals surface area (Å²) in [5.41, 5.74) is 3.21. The minimum Gasteiger partial charge on any atom is -0.377 e. The Morgan fingerprint density at radius 1 is 1.41 bits per heavy atom. The van der Waals surface area contributed by atoms with Crippen molar-refractivity contribution in [2.75, 3.05) is 13.2 Å². The number of ether oxygens (including phenoxy) is 1. The normalized spacial score (nSPS) is 15.9. The van der Waals surface area contributed by atoms with E-state index in [0.29, 0.717) is 6.04 Å². The molecule has 88 valence electrons. The first-order valence-corrected chi connectivity index (χ1v) is 6.30. The second-order valence-electron chi connectivity index (χ2n) is 4.19. The van der Waals surface area contributed by atoms with Crippen LogP contribution in [0.25, 0.3) is 11.3 Å². The summed E-state index contributed by atoms with van der Waals surface area (Å²) in [6.45, 7) is 3.55. The number of benzene rings is 1. The Hall–Kier alpha value is -1.20. The van der Waals surface area contributed by atoms with Gasteiger partial charge in [-0.25, -0.2) is 4.68 Å². The van der Waals surface area contributed by atoms with Crippen LogP contribution in [0.1, 0.15) is 11.6 Å². The first-order valence-electron chi connectivity index (χ1n) is 5.51. The van der Waals surface area contributed by atoms with E-state index < -0.39 is 0 Å². The van der Waals surface area contributed by atoms with Gasteiger partial charge in [-0.05, 0) is 18.6 Å². The molecular formula is C12H12BrN3O. The number of aromatic nitrogens is 3. The first-order chi connectivity index (χ1) is 8.25. The summed E-state index contributed by atoms with van der Waals surface area (Å²) in [6.07, 6.45) is 1.99. The van der Waals surface area contributed by atoms with Gasteiger partial charge in [0.2, 0.25) is 0 Å². The van der Waals surface area contributed by atoms with E-state index in [-0.39, 0.29) is 0 Å². The van der Waals surface area contributed by atoms with Crippen LogP contribution >= 0.6 is 15.9 Å². The van der Waals surface area contributed by atoms with Crippen molar-refractivity contribution >= 4 is 15.9 Å². The minimum atomic E-state index is 0.351. The third kappa shape index (κ3) is 1.89. The lowest BCUT2D eigenvalue weighted by molar-refractivity contribution is -0.0293. The zero-order chi connectivity index (χ0) is 11.8. The topological polar surface area (TPSA) is 39.9 Å². The highest BCUT2D eigenvalue weighted by Gasteiger charge is 2.22. The Morgan fingerprint density at radius 2 is 2.24 bits per heavy atom. The molecule has 1 aliphatic heterocycles. The molecule has 0 amide bonds. The molecule has 0 spiro atoms. The van der Waals surface area contributed by atoms with Gasteiger partial charge in [-0.1, -0.05) is 33.3 Å². The van der Waals surface area contributed by atoms with Gasteiger partial charge in [-0.3, -0.25) is 0 Å². The lowest BCUT2D eigenvalue weighted by Gasteiger charge is -2.25. The molecule has 0 radical (unpaired) electrons. The third-order valence-electron chi connectivity index (χ3n) is 3.05. The van der Waals surface area contributed by atoms with Gasteiger partial charge in [0.1, 0.15) is 11.7 Å². The van der Waals surface area contributed by atoms with Crippen LogP contribution in [-0.2, 0) is 4.74 Å². The van der Waals surface area contributed by atoms with Crippen molar-refractivity contribution in [2.24, 2.45) is 0 Å². The van der Waals surface area contributed by atoms with E-state index in [1.807, 2.05) is 23.0 Å². The molecule has 0 aliphatic carbocycles. The fourth-order valence-electron chi connectivity index (χ4n) is 1.84. The quantitative estimate of drug-likeness (QED) is 0.854. The summed E-state index contributed by atoms with van der Waals surface area (Å²) in [5.74, 6) is 0. The Labute approximate surface area is 108 Å². The van der Waals surface area contributed by atoms with Crippen LogP contribution in [0.15, 0.2) is 28.9 Å². The molecule has 1 aromatic carbocycles. The average molecular weight is 294 g/mol. The zero-order valence-corrected chi connectivity index (χ0v) is 11.0. The van der Waals surface area contributed by atoms with Crippen LogP contribution in [0.3, 0.4) is 0 Å². The molecule has 0 bridgehead atoms. The molecule has 1 aliphatic rings. The molecule has 0 saturated carbocycles. The van der Waals surface area contributed by atoms with Gasteiger partial charge in [0.25, 0.3) is 0 Å². The van der Waals surface area contributed by atoms with Crippen LogP contribution < -0.4 is 0 Å². The van der Waals surface area contributed by atoms with Gasteiger partial charge in [0.05, 0.1) is 19.4 Å². The standard InChI is InChI=1S/C12H12BrN3O/c1-8-10(3-2-4-11(8)13)12-5-16(15-14-12)9-6-17-7-9/h2-5,9H,6-7H2,1H3. The predicted octanol–water partition coefficient (Wildman–Crippen LogP) is 2.59. The van der Waals surface area contributed by atoms with Crippen molar-refractivity contribution < 1.29 is 4.74 Å². The molecule has 5 heteroatoms. The molecule has 2 aromatic rings. The van der Waals surface area contributed by atoms with E-state index in [9.17, 15) is 0 Å². The van der Waals surface area contributed by atoms with Crippen LogP contribution in [0.5, 0.6) is 0 Å². The van der Waals surface area contributed by atoms with E-state index in [4.69, 9.17) is 4.74 Å². The summed E-state index contributed by atoms with van der Waals surface area (Å²) in [4.78, 5) is 0. The van der Waals surface area contributed by atoms with Crippen molar-refractivity contribution in [2.45, 2.75) is 13.0 Å². The average Bonchev–Trinajstić information content (AvgIpc) is 2.68. The van der Waals surface area contributed by atoms with Crippen LogP contribution in [0.4, 0.5) is 0 Å². The molecule has 0 N–H and O–H groups in total. The Morgan fingerprint density at radius 3 is 2.94 bits per heavy atom. The Bertz CT molecular complexity index is 548. The van der Waals surface area contributed by atoms with E-state index >= 15 is 0 Å². The van der Waals surface area contributed by atoms with Crippen LogP contribution in [-0.4, -0.2) is 28.2 Å². The largest absolute Gasteiger partial charge is 0.377 e. The number of nitrogens with zero attached hydrogens (tertiary/aromatic N) is 3. The highest BCUT2D eigenvalue weighted by atomic mass is 79.9. The van der Waals surface area contributed by atoms with Gasteiger partial charge in [-0.15, -0.1) is 5.10 Å². The maximum Gasteiger partial charge on any atom is 0.113 e. The second kappa shape index (κ2) is 4.23. The molecular weight excluding hydrogens is 282 g/mol. The van der Waals surface area contributed by atoms with Gasteiger partial charge in [0.15, 0.2) is 0 Å². The SMILES string of the molecule is Cc1c(Br)cccc1-c1cn(C2COC2)nn1. The van der Waals surface area contributed by atoms with Gasteiger partial charge in [-0.2, -0.15) is 0 Å². The molecule has 1 saturated heterocycles. The molecule has 4 nitrogen and oxygen atoms in total. The van der Waals surface area contributed by atoms with Crippen molar-refractivity contribution in [1.29, 1.82) is 0 Å². The van der Waals surface area contributed by atoms with Crippen molar-refractivity contribution in [3.8, 4) is 11.3 Å². The molecule has 1 aromatic heterocycles. The molecule has 17 heavy (non-hydrogen) atoms. The molecule has 0 atom stereocenters. The maximum atomic E-state index is 5.15. The maximum absolute atomic E-state index is 5.15. The summed E-state index contributed by atoms with van der Waals surface area (Å²) in [6, 6.07) is 6.45. The zero-order valence-electron chi connectivity index (χ0n) is 9.43. The monoisotopic (exact) mass is 293 g/mol. The molecule has 0 unspecified atom stereocenters. The summed E-state index contributed by atoms with van der Waals surface area (Å²) in [5, 5.41) is 8.38. The van der Waals surface area contributed by atoms with Gasteiger partial charge >= 0.3 is 0 Å². The van der Waals surface area contributed by atoms with E-state index in [2.05, 4.69) is 39.2 Å². The summed E-state index contributed by atoms with van der Waals surface area (Å²) < 4.78 is 8.13. The molecule has 1 fully saturated rings. The number of rotatable bonds is 2. The van der Waals surface area contributed by atoms with Crippen molar-refractivity contribution in [3.63, 3.8) is 0 Å². The molecule has 3 rings (SSSR count).